The summed E-state index contributed by atoms with van der Waals surface area (Å²) in [6.45, 7) is 8.38. The predicted molar refractivity (Wildman–Crippen MR) is 73.7 cm³/mol. The average Bonchev–Trinajstić information content (AvgIpc) is 2.35. The van der Waals surface area contributed by atoms with Crippen molar-refractivity contribution in [1.82, 2.24) is 5.32 Å². The molecule has 0 saturated heterocycles. The molecule has 0 saturated carbocycles. The lowest BCUT2D eigenvalue weighted by Gasteiger charge is -2.12. The fraction of sp³-hybridized carbons (Fsp3) is 0.600. The van der Waals surface area contributed by atoms with Crippen molar-refractivity contribution < 1.29 is 4.74 Å². The second kappa shape index (κ2) is 8.13. The van der Waals surface area contributed by atoms with Gasteiger partial charge in [-0.1, -0.05) is 26.0 Å². The Balaban J connectivity index is 2.21. The third-order valence-electron chi connectivity index (χ3n) is 2.91. The summed E-state index contributed by atoms with van der Waals surface area (Å²) in [7, 11) is 0. The highest BCUT2D eigenvalue weighted by Crippen LogP contribution is 2.14. The van der Waals surface area contributed by atoms with Gasteiger partial charge in [-0.3, -0.25) is 0 Å². The van der Waals surface area contributed by atoms with Crippen LogP contribution in [0.2, 0.25) is 0 Å². The minimum atomic E-state index is 0.588. The first-order valence-corrected chi connectivity index (χ1v) is 6.71. The minimum Gasteiger partial charge on any atom is -0.494 e. The van der Waals surface area contributed by atoms with E-state index in [9.17, 15) is 0 Å². The van der Waals surface area contributed by atoms with Crippen LogP contribution in [-0.2, 0) is 6.42 Å². The predicted octanol–water partition coefficient (Wildman–Crippen LogP) is 3.41. The Morgan fingerprint density at radius 2 is 2.12 bits per heavy atom. The SMILES string of the molecule is CCNC(C)CCCOc1cccc(CC)c1. The molecule has 1 N–H and O–H groups in total. The quantitative estimate of drug-likeness (QED) is 0.697. The molecule has 1 aromatic carbocycles. The van der Waals surface area contributed by atoms with Crippen LogP contribution in [0.1, 0.15) is 39.2 Å². The molecular formula is C15H25NO. The maximum absolute atomic E-state index is 5.75. The van der Waals surface area contributed by atoms with Crippen molar-refractivity contribution in [2.24, 2.45) is 0 Å². The van der Waals surface area contributed by atoms with E-state index in [4.69, 9.17) is 4.74 Å². The summed E-state index contributed by atoms with van der Waals surface area (Å²) in [5, 5.41) is 3.41. The third-order valence-corrected chi connectivity index (χ3v) is 2.91. The van der Waals surface area contributed by atoms with Gasteiger partial charge >= 0.3 is 0 Å². The van der Waals surface area contributed by atoms with Crippen LogP contribution in [0.5, 0.6) is 5.75 Å². The van der Waals surface area contributed by atoms with Crippen molar-refractivity contribution >= 4 is 0 Å². The number of nitrogens with one attached hydrogen (secondary N) is 1. The van der Waals surface area contributed by atoms with Crippen LogP contribution in [0.25, 0.3) is 0 Å². The second-order valence-corrected chi connectivity index (χ2v) is 4.45. The van der Waals surface area contributed by atoms with Crippen LogP contribution in [-0.4, -0.2) is 19.2 Å². The third kappa shape index (κ3) is 5.73. The molecule has 0 amide bonds. The Morgan fingerprint density at radius 1 is 1.29 bits per heavy atom. The van der Waals surface area contributed by atoms with Crippen molar-refractivity contribution in [3.63, 3.8) is 0 Å². The van der Waals surface area contributed by atoms with Crippen LogP contribution >= 0.6 is 0 Å². The summed E-state index contributed by atoms with van der Waals surface area (Å²) in [5.41, 5.74) is 1.34. The molecule has 96 valence electrons. The highest BCUT2D eigenvalue weighted by atomic mass is 16.5. The molecule has 0 heterocycles. The van der Waals surface area contributed by atoms with E-state index in [2.05, 4.69) is 44.3 Å². The summed E-state index contributed by atoms with van der Waals surface area (Å²) in [4.78, 5) is 0. The fourth-order valence-corrected chi connectivity index (χ4v) is 1.89. The summed E-state index contributed by atoms with van der Waals surface area (Å²) in [5.74, 6) is 1.00. The Labute approximate surface area is 105 Å². The van der Waals surface area contributed by atoms with Crippen molar-refractivity contribution in [1.29, 1.82) is 0 Å². The first-order valence-electron chi connectivity index (χ1n) is 6.71. The molecule has 0 aliphatic heterocycles. The van der Waals surface area contributed by atoms with Crippen molar-refractivity contribution in [2.75, 3.05) is 13.2 Å². The van der Waals surface area contributed by atoms with Gasteiger partial charge < -0.3 is 10.1 Å². The van der Waals surface area contributed by atoms with Crippen molar-refractivity contribution in [3.05, 3.63) is 29.8 Å². The molecular weight excluding hydrogens is 210 g/mol. The molecule has 1 unspecified atom stereocenters. The zero-order valence-corrected chi connectivity index (χ0v) is 11.3. The molecule has 0 aliphatic carbocycles. The number of hydrogen-bond donors (Lipinski definition) is 1. The van der Waals surface area contributed by atoms with Gasteiger partial charge in [0.05, 0.1) is 6.61 Å². The molecule has 1 rings (SSSR count). The number of hydrogen-bond acceptors (Lipinski definition) is 2. The molecule has 2 heteroatoms. The Hall–Kier alpha value is -1.02. The monoisotopic (exact) mass is 235 g/mol. The Kier molecular flexibility index (Phi) is 6.71. The summed E-state index contributed by atoms with van der Waals surface area (Å²) in [6.07, 6.45) is 3.33. The van der Waals surface area contributed by atoms with Crippen LogP contribution in [0.15, 0.2) is 24.3 Å². The minimum absolute atomic E-state index is 0.588. The van der Waals surface area contributed by atoms with E-state index in [1.807, 2.05) is 6.07 Å². The molecule has 0 fully saturated rings. The first-order chi connectivity index (χ1) is 8.26. The molecule has 1 atom stereocenters. The highest BCUT2D eigenvalue weighted by molar-refractivity contribution is 5.28. The summed E-state index contributed by atoms with van der Waals surface area (Å²) >= 11 is 0. The summed E-state index contributed by atoms with van der Waals surface area (Å²) < 4.78 is 5.75. The number of benzene rings is 1. The van der Waals surface area contributed by atoms with Gasteiger partial charge in [-0.05, 0) is 50.4 Å². The molecule has 1 aromatic rings. The molecule has 0 aromatic heterocycles. The molecule has 17 heavy (non-hydrogen) atoms. The molecule has 0 spiro atoms. The normalized spacial score (nSPS) is 12.4. The molecule has 0 aliphatic rings. The smallest absolute Gasteiger partial charge is 0.119 e. The zero-order valence-electron chi connectivity index (χ0n) is 11.3. The van der Waals surface area contributed by atoms with Gasteiger partial charge in [0.2, 0.25) is 0 Å². The van der Waals surface area contributed by atoms with Crippen LogP contribution in [0.3, 0.4) is 0 Å². The van der Waals surface area contributed by atoms with Gasteiger partial charge in [-0.15, -0.1) is 0 Å². The van der Waals surface area contributed by atoms with E-state index >= 15 is 0 Å². The van der Waals surface area contributed by atoms with Crippen LogP contribution in [0, 0.1) is 0 Å². The van der Waals surface area contributed by atoms with Gasteiger partial charge in [0.1, 0.15) is 5.75 Å². The van der Waals surface area contributed by atoms with E-state index in [0.29, 0.717) is 6.04 Å². The standard InChI is InChI=1S/C15H25NO/c1-4-14-9-6-10-15(12-14)17-11-7-8-13(3)16-5-2/h6,9-10,12-13,16H,4-5,7-8,11H2,1-3H3. The summed E-state index contributed by atoms with van der Waals surface area (Å²) in [6, 6.07) is 8.96. The van der Waals surface area contributed by atoms with E-state index in [-0.39, 0.29) is 0 Å². The van der Waals surface area contributed by atoms with E-state index < -0.39 is 0 Å². The van der Waals surface area contributed by atoms with Crippen molar-refractivity contribution in [2.45, 2.75) is 46.1 Å². The van der Waals surface area contributed by atoms with Gasteiger partial charge in [0, 0.05) is 6.04 Å². The van der Waals surface area contributed by atoms with Gasteiger partial charge in [-0.2, -0.15) is 0 Å². The number of aryl methyl sites for hydroxylation is 1. The van der Waals surface area contributed by atoms with E-state index in [1.54, 1.807) is 0 Å². The maximum atomic E-state index is 5.75. The fourth-order valence-electron chi connectivity index (χ4n) is 1.89. The maximum Gasteiger partial charge on any atom is 0.119 e. The van der Waals surface area contributed by atoms with Crippen LogP contribution in [0.4, 0.5) is 0 Å². The Morgan fingerprint density at radius 3 is 2.82 bits per heavy atom. The zero-order chi connectivity index (χ0) is 12.5. The van der Waals surface area contributed by atoms with E-state index in [1.165, 1.54) is 12.0 Å². The largest absolute Gasteiger partial charge is 0.494 e. The lowest BCUT2D eigenvalue weighted by atomic mass is 10.1. The van der Waals surface area contributed by atoms with Gasteiger partial charge in [-0.25, -0.2) is 0 Å². The lowest BCUT2D eigenvalue weighted by molar-refractivity contribution is 0.298. The molecule has 0 radical (unpaired) electrons. The number of rotatable bonds is 8. The first kappa shape index (κ1) is 14.0. The molecule has 0 bridgehead atoms. The Bertz CT molecular complexity index is 312. The lowest BCUT2D eigenvalue weighted by Crippen LogP contribution is -2.25. The van der Waals surface area contributed by atoms with Gasteiger partial charge in [0.15, 0.2) is 0 Å². The van der Waals surface area contributed by atoms with E-state index in [0.717, 1.165) is 31.7 Å². The second-order valence-electron chi connectivity index (χ2n) is 4.45. The van der Waals surface area contributed by atoms with Crippen LogP contribution < -0.4 is 10.1 Å². The van der Waals surface area contributed by atoms with Gasteiger partial charge in [0.25, 0.3) is 0 Å². The number of ether oxygens (including phenoxy) is 1. The van der Waals surface area contributed by atoms with Crippen molar-refractivity contribution in [3.8, 4) is 5.75 Å². The topological polar surface area (TPSA) is 21.3 Å². The average molecular weight is 235 g/mol. The highest BCUT2D eigenvalue weighted by Gasteiger charge is 2.00. The molecule has 2 nitrogen and oxygen atoms in total.